The van der Waals surface area contributed by atoms with Crippen molar-refractivity contribution in [2.24, 2.45) is 10.2 Å². The van der Waals surface area contributed by atoms with Crippen molar-refractivity contribution in [3.05, 3.63) is 29.3 Å². The summed E-state index contributed by atoms with van der Waals surface area (Å²) in [5.74, 6) is -0.201. The molecule has 1 amide bonds. The molecular weight excluding hydrogens is 307 g/mol. The van der Waals surface area contributed by atoms with E-state index in [4.69, 9.17) is 0 Å². The van der Waals surface area contributed by atoms with Gasteiger partial charge in [0.05, 0.1) is 12.0 Å². The maximum absolute atomic E-state index is 12.2. The first-order valence-corrected chi connectivity index (χ1v) is 6.71. The smallest absolute Gasteiger partial charge is 0.406 e. The lowest BCUT2D eigenvalue weighted by atomic mass is 10.1. The van der Waals surface area contributed by atoms with Gasteiger partial charge in [-0.15, -0.1) is 18.3 Å². The average molecular weight is 317 g/mol. The zero-order chi connectivity index (χ0) is 15.5. The van der Waals surface area contributed by atoms with Gasteiger partial charge in [0.15, 0.2) is 5.17 Å². The average Bonchev–Trinajstić information content (AvgIpc) is 2.72. The molecule has 1 fully saturated rings. The SMILES string of the molecule is Cc1cc(C=NN=C2NC(=O)CS2)cc(OC(F)(F)F)c1. The first kappa shape index (κ1) is 15.4. The van der Waals surface area contributed by atoms with Gasteiger partial charge in [0.2, 0.25) is 5.91 Å². The largest absolute Gasteiger partial charge is 0.573 e. The molecule has 0 saturated carbocycles. The minimum atomic E-state index is -4.74. The number of benzene rings is 1. The van der Waals surface area contributed by atoms with Crippen LogP contribution in [0.5, 0.6) is 5.75 Å². The van der Waals surface area contributed by atoms with E-state index in [1.807, 2.05) is 0 Å². The molecule has 0 spiro atoms. The highest BCUT2D eigenvalue weighted by Crippen LogP contribution is 2.24. The lowest BCUT2D eigenvalue weighted by Crippen LogP contribution is -2.19. The summed E-state index contributed by atoms with van der Waals surface area (Å²) in [4.78, 5) is 10.9. The van der Waals surface area contributed by atoms with Gasteiger partial charge >= 0.3 is 6.36 Å². The minimum Gasteiger partial charge on any atom is -0.406 e. The fraction of sp³-hybridized carbons (Fsp3) is 0.250. The highest BCUT2D eigenvalue weighted by atomic mass is 32.2. The molecule has 1 heterocycles. The third-order valence-corrected chi connectivity index (χ3v) is 3.11. The fourth-order valence-corrected chi connectivity index (χ4v) is 2.20. The van der Waals surface area contributed by atoms with Gasteiger partial charge in [-0.05, 0) is 30.2 Å². The molecule has 1 aromatic carbocycles. The number of aryl methyl sites for hydroxylation is 1. The number of ether oxygens (including phenoxy) is 1. The van der Waals surface area contributed by atoms with Gasteiger partial charge < -0.3 is 10.1 Å². The number of carbonyl (C=O) groups is 1. The van der Waals surface area contributed by atoms with Crippen LogP contribution in [0.1, 0.15) is 11.1 Å². The highest BCUT2D eigenvalue weighted by molar-refractivity contribution is 8.15. The molecule has 0 aromatic heterocycles. The van der Waals surface area contributed by atoms with E-state index in [-0.39, 0.29) is 17.4 Å². The van der Waals surface area contributed by atoms with E-state index >= 15 is 0 Å². The van der Waals surface area contributed by atoms with E-state index < -0.39 is 6.36 Å². The highest BCUT2D eigenvalue weighted by Gasteiger charge is 2.31. The summed E-state index contributed by atoms with van der Waals surface area (Å²) >= 11 is 1.20. The van der Waals surface area contributed by atoms with E-state index in [1.54, 1.807) is 13.0 Å². The maximum atomic E-state index is 12.2. The van der Waals surface area contributed by atoms with Crippen LogP contribution in [0.25, 0.3) is 0 Å². The van der Waals surface area contributed by atoms with Crippen LogP contribution in [0, 0.1) is 6.92 Å². The summed E-state index contributed by atoms with van der Waals surface area (Å²) in [7, 11) is 0. The van der Waals surface area contributed by atoms with Crippen molar-refractivity contribution in [2.45, 2.75) is 13.3 Å². The molecule has 0 unspecified atom stereocenters. The lowest BCUT2D eigenvalue weighted by Gasteiger charge is -2.09. The number of nitrogens with zero attached hydrogens (tertiary/aromatic N) is 2. The Balaban J connectivity index is 2.11. The number of hydrogen-bond acceptors (Lipinski definition) is 5. The Morgan fingerprint density at radius 1 is 1.38 bits per heavy atom. The molecule has 0 aliphatic carbocycles. The number of amidine groups is 1. The second-order valence-corrected chi connectivity index (χ2v) is 5.08. The van der Waals surface area contributed by atoms with Gasteiger partial charge in [0.1, 0.15) is 5.75 Å². The van der Waals surface area contributed by atoms with Gasteiger partial charge in [-0.2, -0.15) is 5.10 Å². The van der Waals surface area contributed by atoms with Crippen molar-refractivity contribution in [1.82, 2.24) is 5.32 Å². The third-order valence-electron chi connectivity index (χ3n) is 2.25. The van der Waals surface area contributed by atoms with E-state index in [2.05, 4.69) is 20.3 Å². The quantitative estimate of drug-likeness (QED) is 0.688. The molecule has 0 radical (unpaired) electrons. The Labute approximate surface area is 122 Å². The van der Waals surface area contributed by atoms with E-state index in [0.717, 1.165) is 0 Å². The molecule has 1 aromatic rings. The van der Waals surface area contributed by atoms with Crippen LogP contribution in [0.2, 0.25) is 0 Å². The van der Waals surface area contributed by atoms with E-state index in [9.17, 15) is 18.0 Å². The Hall–Kier alpha value is -2.03. The summed E-state index contributed by atoms with van der Waals surface area (Å²) in [5.41, 5.74) is 1.00. The number of carbonyl (C=O) groups excluding carboxylic acids is 1. The fourth-order valence-electron chi connectivity index (χ4n) is 1.57. The molecule has 21 heavy (non-hydrogen) atoms. The summed E-state index contributed by atoms with van der Waals surface area (Å²) < 4.78 is 40.4. The number of amides is 1. The molecule has 112 valence electrons. The summed E-state index contributed by atoms with van der Waals surface area (Å²) in [5, 5.41) is 10.3. The summed E-state index contributed by atoms with van der Waals surface area (Å²) in [6, 6.07) is 4.10. The second kappa shape index (κ2) is 6.17. The molecule has 1 saturated heterocycles. The number of hydrogen-bond donors (Lipinski definition) is 1. The van der Waals surface area contributed by atoms with Gasteiger partial charge in [-0.1, -0.05) is 17.8 Å². The van der Waals surface area contributed by atoms with Crippen molar-refractivity contribution in [3.8, 4) is 5.75 Å². The molecule has 1 aliphatic heterocycles. The Morgan fingerprint density at radius 2 is 2.14 bits per heavy atom. The Kier molecular flexibility index (Phi) is 4.51. The topological polar surface area (TPSA) is 63.0 Å². The van der Waals surface area contributed by atoms with Crippen molar-refractivity contribution < 1.29 is 22.7 Å². The minimum absolute atomic E-state index is 0.162. The van der Waals surface area contributed by atoms with Gasteiger partial charge in [0, 0.05) is 0 Å². The van der Waals surface area contributed by atoms with E-state index in [0.29, 0.717) is 16.3 Å². The zero-order valence-corrected chi connectivity index (χ0v) is 11.6. The molecule has 1 aliphatic rings. The number of nitrogens with one attached hydrogen (secondary N) is 1. The Bertz CT molecular complexity index is 614. The number of rotatable bonds is 3. The zero-order valence-electron chi connectivity index (χ0n) is 10.8. The number of thioether (sulfide) groups is 1. The summed E-state index contributed by atoms with van der Waals surface area (Å²) in [6.45, 7) is 1.64. The molecular formula is C12H10F3N3O2S. The number of alkyl halides is 3. The van der Waals surface area contributed by atoms with Crippen LogP contribution in [0.4, 0.5) is 13.2 Å². The molecule has 0 atom stereocenters. The lowest BCUT2D eigenvalue weighted by molar-refractivity contribution is -0.274. The second-order valence-electron chi connectivity index (χ2n) is 4.11. The molecule has 1 N–H and O–H groups in total. The maximum Gasteiger partial charge on any atom is 0.573 e. The molecule has 9 heteroatoms. The summed E-state index contributed by atoms with van der Waals surface area (Å²) in [6.07, 6.45) is -3.46. The van der Waals surface area contributed by atoms with Crippen LogP contribution >= 0.6 is 11.8 Å². The first-order chi connectivity index (χ1) is 9.82. The number of halogens is 3. The van der Waals surface area contributed by atoms with Crippen molar-refractivity contribution in [2.75, 3.05) is 5.75 Å². The van der Waals surface area contributed by atoms with Crippen molar-refractivity contribution in [1.29, 1.82) is 0 Å². The normalized spacial score (nSPS) is 17.5. The van der Waals surface area contributed by atoms with E-state index in [1.165, 1.54) is 30.1 Å². The molecule has 2 rings (SSSR count). The van der Waals surface area contributed by atoms with Crippen molar-refractivity contribution >= 4 is 29.1 Å². The van der Waals surface area contributed by atoms with Gasteiger partial charge in [-0.25, -0.2) is 0 Å². The van der Waals surface area contributed by atoms with Gasteiger partial charge in [0.25, 0.3) is 0 Å². The molecule has 5 nitrogen and oxygen atoms in total. The van der Waals surface area contributed by atoms with Crippen LogP contribution in [-0.2, 0) is 4.79 Å². The third kappa shape index (κ3) is 5.10. The van der Waals surface area contributed by atoms with Crippen LogP contribution < -0.4 is 10.1 Å². The van der Waals surface area contributed by atoms with Crippen LogP contribution in [-0.4, -0.2) is 29.4 Å². The standard InChI is InChI=1S/C12H10F3N3O2S/c1-7-2-8(4-9(3-7)20-12(13,14)15)5-16-18-11-17-10(19)6-21-11/h2-5H,6H2,1H3,(H,17,18,19). The van der Waals surface area contributed by atoms with Gasteiger partial charge in [-0.3, -0.25) is 4.79 Å². The first-order valence-electron chi connectivity index (χ1n) is 5.73. The monoisotopic (exact) mass is 317 g/mol. The van der Waals surface area contributed by atoms with Crippen LogP contribution in [0.3, 0.4) is 0 Å². The Morgan fingerprint density at radius 3 is 2.76 bits per heavy atom. The molecule has 0 bridgehead atoms. The predicted molar refractivity (Wildman–Crippen MR) is 73.5 cm³/mol. The van der Waals surface area contributed by atoms with Crippen molar-refractivity contribution in [3.63, 3.8) is 0 Å². The predicted octanol–water partition coefficient (Wildman–Crippen LogP) is 2.45. The van der Waals surface area contributed by atoms with Crippen LogP contribution in [0.15, 0.2) is 28.4 Å².